The average molecular weight is 335 g/mol. The summed E-state index contributed by atoms with van der Waals surface area (Å²) in [4.78, 5) is 4.48. The first-order chi connectivity index (χ1) is 12.2. The summed E-state index contributed by atoms with van der Waals surface area (Å²) in [6, 6.07) is 19.1. The highest BCUT2D eigenvalue weighted by atomic mass is 19.1. The summed E-state index contributed by atoms with van der Waals surface area (Å²) in [7, 11) is 0. The van der Waals surface area contributed by atoms with Crippen molar-refractivity contribution in [2.45, 2.75) is 33.3 Å². The Morgan fingerprint density at radius 3 is 2.36 bits per heavy atom. The van der Waals surface area contributed by atoms with Crippen LogP contribution >= 0.6 is 0 Å². The Bertz CT molecular complexity index is 846. The number of aromatic nitrogens is 1. The molecule has 0 saturated heterocycles. The second-order valence-electron chi connectivity index (χ2n) is 6.12. The fourth-order valence-electron chi connectivity index (χ4n) is 2.86. The maximum absolute atomic E-state index is 14.5. The number of hydrogen-bond donors (Lipinski definition) is 0. The minimum atomic E-state index is -0.200. The van der Waals surface area contributed by atoms with Gasteiger partial charge in [0, 0.05) is 22.9 Å². The quantitative estimate of drug-likeness (QED) is 0.574. The van der Waals surface area contributed by atoms with Crippen LogP contribution in [0, 0.1) is 12.7 Å². The third-order valence-electron chi connectivity index (χ3n) is 4.15. The van der Waals surface area contributed by atoms with Crippen molar-refractivity contribution >= 4 is 0 Å². The first-order valence-corrected chi connectivity index (χ1v) is 8.60. The van der Waals surface area contributed by atoms with E-state index in [1.165, 1.54) is 0 Å². The number of ether oxygens (including phenoxy) is 1. The minimum Gasteiger partial charge on any atom is -0.473 e. The molecule has 2 nitrogen and oxygen atoms in total. The number of halogens is 1. The van der Waals surface area contributed by atoms with E-state index in [1.54, 1.807) is 12.1 Å². The van der Waals surface area contributed by atoms with Crippen molar-refractivity contribution in [1.29, 1.82) is 0 Å². The topological polar surface area (TPSA) is 22.1 Å². The second kappa shape index (κ2) is 7.93. The Kier molecular flexibility index (Phi) is 5.44. The number of hydrogen-bond acceptors (Lipinski definition) is 2. The second-order valence-corrected chi connectivity index (χ2v) is 6.12. The van der Waals surface area contributed by atoms with Gasteiger partial charge in [0.15, 0.2) is 0 Å². The molecule has 25 heavy (non-hydrogen) atoms. The molecule has 0 radical (unpaired) electrons. The number of benzene rings is 2. The van der Waals surface area contributed by atoms with Crippen LogP contribution in [0.2, 0.25) is 0 Å². The fraction of sp³-hybridized carbons (Fsp3) is 0.227. The van der Waals surface area contributed by atoms with Crippen LogP contribution in [0.3, 0.4) is 0 Å². The number of nitrogens with zero attached hydrogens (tertiary/aromatic N) is 1. The molecule has 3 aromatic rings. The summed E-state index contributed by atoms with van der Waals surface area (Å²) >= 11 is 0. The fourth-order valence-corrected chi connectivity index (χ4v) is 2.86. The predicted octanol–water partition coefficient (Wildman–Crippen LogP) is 5.73. The lowest BCUT2D eigenvalue weighted by molar-refractivity contribution is 0.293. The van der Waals surface area contributed by atoms with Crippen molar-refractivity contribution in [1.82, 2.24) is 4.98 Å². The third kappa shape index (κ3) is 4.24. The van der Waals surface area contributed by atoms with E-state index in [4.69, 9.17) is 4.74 Å². The SMILES string of the molecule is CCCc1ccc(-c2ccc(OCc3ccccc3)nc2C)c(F)c1. The molecule has 0 aliphatic carbocycles. The Balaban J connectivity index is 1.78. The lowest BCUT2D eigenvalue weighted by Crippen LogP contribution is -1.99. The summed E-state index contributed by atoms with van der Waals surface area (Å²) in [5, 5.41) is 0. The molecule has 0 atom stereocenters. The summed E-state index contributed by atoms with van der Waals surface area (Å²) in [5.41, 5.74) is 4.25. The van der Waals surface area contributed by atoms with E-state index in [9.17, 15) is 4.39 Å². The zero-order chi connectivity index (χ0) is 17.6. The smallest absolute Gasteiger partial charge is 0.213 e. The van der Waals surface area contributed by atoms with Crippen molar-refractivity contribution in [2.24, 2.45) is 0 Å². The van der Waals surface area contributed by atoms with Gasteiger partial charge in [0.05, 0.1) is 0 Å². The highest BCUT2D eigenvalue weighted by Crippen LogP contribution is 2.28. The Morgan fingerprint density at radius 2 is 1.68 bits per heavy atom. The zero-order valence-electron chi connectivity index (χ0n) is 14.6. The van der Waals surface area contributed by atoms with E-state index in [0.29, 0.717) is 18.1 Å². The summed E-state index contributed by atoms with van der Waals surface area (Å²) < 4.78 is 20.2. The third-order valence-corrected chi connectivity index (χ3v) is 4.15. The van der Waals surface area contributed by atoms with Crippen molar-refractivity contribution in [3.8, 4) is 17.0 Å². The Morgan fingerprint density at radius 1 is 0.920 bits per heavy atom. The van der Waals surface area contributed by atoms with E-state index in [0.717, 1.165) is 35.2 Å². The lowest BCUT2D eigenvalue weighted by Gasteiger charge is -2.11. The van der Waals surface area contributed by atoms with Gasteiger partial charge in [-0.3, -0.25) is 0 Å². The standard InChI is InChI=1S/C22H22FNO/c1-3-7-17-10-11-20(21(23)14-17)19-12-13-22(24-16(19)2)25-15-18-8-5-4-6-9-18/h4-6,8-14H,3,7,15H2,1-2H3. The molecule has 128 valence electrons. The summed E-state index contributed by atoms with van der Waals surface area (Å²) in [6.45, 7) is 4.44. The van der Waals surface area contributed by atoms with Crippen LogP contribution in [-0.4, -0.2) is 4.98 Å². The molecule has 0 saturated carbocycles. The van der Waals surface area contributed by atoms with Gasteiger partial charge >= 0.3 is 0 Å². The molecular formula is C22H22FNO. The van der Waals surface area contributed by atoms with Crippen LogP contribution in [-0.2, 0) is 13.0 Å². The van der Waals surface area contributed by atoms with E-state index in [-0.39, 0.29) is 5.82 Å². The van der Waals surface area contributed by atoms with Gasteiger partial charge in [-0.2, -0.15) is 0 Å². The summed E-state index contributed by atoms with van der Waals surface area (Å²) in [5.74, 6) is 0.349. The molecule has 0 bridgehead atoms. The summed E-state index contributed by atoms with van der Waals surface area (Å²) in [6.07, 6.45) is 1.90. The van der Waals surface area contributed by atoms with E-state index in [1.807, 2.05) is 55.5 Å². The van der Waals surface area contributed by atoms with Crippen molar-refractivity contribution < 1.29 is 9.13 Å². The molecule has 1 heterocycles. The average Bonchev–Trinajstić information content (AvgIpc) is 2.62. The molecule has 0 amide bonds. The minimum absolute atomic E-state index is 0.200. The molecule has 3 heteroatoms. The van der Waals surface area contributed by atoms with Gasteiger partial charge in [-0.15, -0.1) is 0 Å². The van der Waals surface area contributed by atoms with Crippen LogP contribution in [0.4, 0.5) is 4.39 Å². The molecule has 0 aliphatic rings. The Hall–Kier alpha value is -2.68. The molecule has 3 rings (SSSR count). The molecule has 0 aliphatic heterocycles. The maximum Gasteiger partial charge on any atom is 0.213 e. The predicted molar refractivity (Wildman–Crippen MR) is 99.1 cm³/mol. The first kappa shape index (κ1) is 17.2. The molecule has 0 fully saturated rings. The molecule has 0 unspecified atom stereocenters. The number of rotatable bonds is 6. The normalized spacial score (nSPS) is 10.7. The molecule has 0 spiro atoms. The van der Waals surface area contributed by atoms with Gasteiger partial charge < -0.3 is 4.74 Å². The van der Waals surface area contributed by atoms with Gasteiger partial charge in [0.25, 0.3) is 0 Å². The number of pyridine rings is 1. The van der Waals surface area contributed by atoms with Crippen LogP contribution < -0.4 is 4.74 Å². The van der Waals surface area contributed by atoms with Gasteiger partial charge in [0.1, 0.15) is 12.4 Å². The van der Waals surface area contributed by atoms with E-state index >= 15 is 0 Å². The molecule has 1 aromatic heterocycles. The van der Waals surface area contributed by atoms with Crippen LogP contribution in [0.15, 0.2) is 60.7 Å². The monoisotopic (exact) mass is 335 g/mol. The first-order valence-electron chi connectivity index (χ1n) is 8.60. The molecule has 2 aromatic carbocycles. The molecule has 0 N–H and O–H groups in total. The lowest BCUT2D eigenvalue weighted by atomic mass is 10.0. The van der Waals surface area contributed by atoms with Crippen LogP contribution in [0.25, 0.3) is 11.1 Å². The Labute approximate surface area is 148 Å². The van der Waals surface area contributed by atoms with Crippen molar-refractivity contribution in [2.75, 3.05) is 0 Å². The zero-order valence-corrected chi connectivity index (χ0v) is 14.6. The van der Waals surface area contributed by atoms with E-state index in [2.05, 4.69) is 11.9 Å². The largest absolute Gasteiger partial charge is 0.473 e. The number of aryl methyl sites for hydroxylation is 2. The van der Waals surface area contributed by atoms with Gasteiger partial charge in [0.2, 0.25) is 5.88 Å². The van der Waals surface area contributed by atoms with Crippen LogP contribution in [0.1, 0.15) is 30.2 Å². The van der Waals surface area contributed by atoms with Crippen LogP contribution in [0.5, 0.6) is 5.88 Å². The van der Waals surface area contributed by atoms with Gasteiger partial charge in [-0.1, -0.05) is 55.8 Å². The van der Waals surface area contributed by atoms with Gasteiger partial charge in [-0.05, 0) is 36.6 Å². The highest BCUT2D eigenvalue weighted by Gasteiger charge is 2.11. The van der Waals surface area contributed by atoms with Crippen molar-refractivity contribution in [3.05, 3.63) is 83.3 Å². The van der Waals surface area contributed by atoms with Crippen molar-refractivity contribution in [3.63, 3.8) is 0 Å². The maximum atomic E-state index is 14.5. The van der Waals surface area contributed by atoms with Gasteiger partial charge in [-0.25, -0.2) is 9.37 Å². The highest BCUT2D eigenvalue weighted by molar-refractivity contribution is 5.67. The van der Waals surface area contributed by atoms with E-state index < -0.39 is 0 Å². The molecular weight excluding hydrogens is 313 g/mol.